The first-order valence-corrected chi connectivity index (χ1v) is 8.67. The van der Waals surface area contributed by atoms with Gasteiger partial charge in [-0.25, -0.2) is 0 Å². The van der Waals surface area contributed by atoms with E-state index in [0.29, 0.717) is 18.7 Å². The van der Waals surface area contributed by atoms with Gasteiger partial charge in [0.1, 0.15) is 18.2 Å². The molecule has 1 amide bonds. The lowest BCUT2D eigenvalue weighted by Gasteiger charge is -2.19. The Balaban J connectivity index is 1.51. The van der Waals surface area contributed by atoms with Gasteiger partial charge in [-0.2, -0.15) is 0 Å². The molecule has 0 radical (unpaired) electrons. The summed E-state index contributed by atoms with van der Waals surface area (Å²) in [6.07, 6.45) is 1.74. The molecule has 0 bridgehead atoms. The van der Waals surface area contributed by atoms with Crippen LogP contribution in [0.25, 0.3) is 5.65 Å². The van der Waals surface area contributed by atoms with E-state index in [-0.39, 0.29) is 11.3 Å². The Hall–Kier alpha value is -2.89. The average Bonchev–Trinajstić information content (AvgIpc) is 2.99. The number of amides is 1. The van der Waals surface area contributed by atoms with Crippen molar-refractivity contribution in [2.75, 3.05) is 13.2 Å². The summed E-state index contributed by atoms with van der Waals surface area (Å²) < 4.78 is 7.49. The average molecular weight is 352 g/mol. The van der Waals surface area contributed by atoms with Crippen LogP contribution in [0.4, 0.5) is 0 Å². The number of benzene rings is 1. The Morgan fingerprint density at radius 1 is 1.12 bits per heavy atom. The quantitative estimate of drug-likeness (QED) is 0.716. The molecular weight excluding hydrogens is 328 g/mol. The Bertz CT molecular complexity index is 908. The molecule has 0 aliphatic heterocycles. The molecule has 0 aliphatic carbocycles. The monoisotopic (exact) mass is 352 g/mol. The van der Waals surface area contributed by atoms with Gasteiger partial charge in [0.2, 0.25) is 0 Å². The Morgan fingerprint density at radius 3 is 2.54 bits per heavy atom. The normalized spacial score (nSPS) is 11.5. The van der Waals surface area contributed by atoms with Crippen molar-refractivity contribution in [3.05, 3.63) is 59.5 Å². The van der Waals surface area contributed by atoms with E-state index >= 15 is 0 Å². The smallest absolute Gasteiger partial charge is 0.252 e. The molecule has 0 saturated heterocycles. The number of nitrogens with one attached hydrogen (secondary N) is 1. The number of nitrogens with zero attached hydrogens (tertiary/aromatic N) is 3. The molecule has 1 N–H and O–H groups in total. The Kier molecular flexibility index (Phi) is 4.93. The fourth-order valence-electron chi connectivity index (χ4n) is 2.63. The van der Waals surface area contributed by atoms with E-state index in [1.165, 1.54) is 5.56 Å². The van der Waals surface area contributed by atoms with E-state index in [0.717, 1.165) is 17.2 Å². The summed E-state index contributed by atoms with van der Waals surface area (Å²) >= 11 is 0. The number of fused-ring (bicyclic) bond motifs is 1. The van der Waals surface area contributed by atoms with Crippen LogP contribution in [0.15, 0.2) is 42.6 Å². The van der Waals surface area contributed by atoms with E-state index in [2.05, 4.69) is 48.4 Å². The largest absolute Gasteiger partial charge is 0.492 e. The Labute approximate surface area is 153 Å². The number of rotatable bonds is 5. The van der Waals surface area contributed by atoms with Crippen LogP contribution in [0.1, 0.15) is 42.5 Å². The van der Waals surface area contributed by atoms with Gasteiger partial charge in [0.25, 0.3) is 5.91 Å². The van der Waals surface area contributed by atoms with E-state index in [9.17, 15) is 4.79 Å². The van der Waals surface area contributed by atoms with Crippen molar-refractivity contribution in [1.82, 2.24) is 19.9 Å². The van der Waals surface area contributed by atoms with Crippen molar-refractivity contribution in [3.63, 3.8) is 0 Å². The fourth-order valence-corrected chi connectivity index (χ4v) is 2.63. The van der Waals surface area contributed by atoms with Crippen LogP contribution in [-0.2, 0) is 5.41 Å². The molecule has 1 aromatic carbocycles. The summed E-state index contributed by atoms with van der Waals surface area (Å²) in [5, 5.41) is 10.9. The van der Waals surface area contributed by atoms with Crippen molar-refractivity contribution in [2.24, 2.45) is 0 Å². The minimum atomic E-state index is -0.147. The third kappa shape index (κ3) is 4.02. The number of hydrogen-bond donors (Lipinski definition) is 1. The zero-order valence-corrected chi connectivity index (χ0v) is 15.6. The maximum Gasteiger partial charge on any atom is 0.252 e. The lowest BCUT2D eigenvalue weighted by Crippen LogP contribution is -2.28. The number of ether oxygens (including phenoxy) is 1. The number of aromatic nitrogens is 3. The molecule has 0 saturated carbocycles. The molecule has 0 spiro atoms. The van der Waals surface area contributed by atoms with Gasteiger partial charge in [0, 0.05) is 6.20 Å². The van der Waals surface area contributed by atoms with Gasteiger partial charge in [-0.15, -0.1) is 10.2 Å². The van der Waals surface area contributed by atoms with Crippen LogP contribution in [0.2, 0.25) is 0 Å². The highest BCUT2D eigenvalue weighted by Gasteiger charge is 2.13. The van der Waals surface area contributed by atoms with Crippen molar-refractivity contribution >= 4 is 11.6 Å². The van der Waals surface area contributed by atoms with E-state index in [4.69, 9.17) is 4.74 Å². The molecule has 3 rings (SSSR count). The molecule has 2 aromatic heterocycles. The van der Waals surface area contributed by atoms with Gasteiger partial charge in [-0.1, -0.05) is 32.9 Å². The van der Waals surface area contributed by atoms with Gasteiger partial charge in [0.15, 0.2) is 5.65 Å². The molecule has 0 unspecified atom stereocenters. The van der Waals surface area contributed by atoms with Crippen molar-refractivity contribution in [1.29, 1.82) is 0 Å². The third-order valence-corrected chi connectivity index (χ3v) is 4.21. The zero-order chi connectivity index (χ0) is 18.7. The summed E-state index contributed by atoms with van der Waals surface area (Å²) in [5.41, 5.74) is 2.67. The summed E-state index contributed by atoms with van der Waals surface area (Å²) in [6, 6.07) is 11.6. The molecule has 26 heavy (non-hydrogen) atoms. The van der Waals surface area contributed by atoms with Gasteiger partial charge in [-0.3, -0.25) is 9.20 Å². The zero-order valence-electron chi connectivity index (χ0n) is 15.6. The third-order valence-electron chi connectivity index (χ3n) is 4.21. The van der Waals surface area contributed by atoms with Crippen LogP contribution in [0.3, 0.4) is 0 Å². The first kappa shape index (κ1) is 17.9. The van der Waals surface area contributed by atoms with Crippen molar-refractivity contribution in [2.45, 2.75) is 33.1 Å². The lowest BCUT2D eigenvalue weighted by atomic mass is 9.87. The van der Waals surface area contributed by atoms with Gasteiger partial charge in [-0.05, 0) is 42.2 Å². The molecule has 0 fully saturated rings. The number of hydrogen-bond acceptors (Lipinski definition) is 4. The highest BCUT2D eigenvalue weighted by atomic mass is 16.5. The topological polar surface area (TPSA) is 68.5 Å². The maximum atomic E-state index is 12.3. The molecule has 2 heterocycles. The maximum absolute atomic E-state index is 12.3. The molecule has 6 nitrogen and oxygen atoms in total. The molecule has 6 heteroatoms. The van der Waals surface area contributed by atoms with Crippen LogP contribution in [0, 0.1) is 6.92 Å². The molecule has 0 aliphatic rings. The number of pyridine rings is 1. The van der Waals surface area contributed by atoms with Crippen LogP contribution < -0.4 is 10.1 Å². The number of carbonyl (C=O) groups is 1. The molecule has 136 valence electrons. The minimum absolute atomic E-state index is 0.122. The van der Waals surface area contributed by atoms with E-state index < -0.39 is 0 Å². The molecular formula is C20H24N4O2. The number of carbonyl (C=O) groups excluding carboxylic acids is 1. The summed E-state index contributed by atoms with van der Waals surface area (Å²) in [7, 11) is 0. The predicted molar refractivity (Wildman–Crippen MR) is 101 cm³/mol. The second-order valence-electron chi connectivity index (χ2n) is 7.27. The lowest BCUT2D eigenvalue weighted by molar-refractivity contribution is 0.0946. The fraction of sp³-hybridized carbons (Fsp3) is 0.350. The van der Waals surface area contributed by atoms with E-state index in [1.807, 2.05) is 19.1 Å². The summed E-state index contributed by atoms with van der Waals surface area (Å²) in [4.78, 5) is 12.3. The van der Waals surface area contributed by atoms with Gasteiger partial charge in [0.05, 0.1) is 12.1 Å². The van der Waals surface area contributed by atoms with E-state index in [1.54, 1.807) is 22.7 Å². The predicted octanol–water partition coefficient (Wildman–Crippen LogP) is 3.14. The Morgan fingerprint density at radius 2 is 1.85 bits per heavy atom. The van der Waals surface area contributed by atoms with Crippen LogP contribution in [-0.4, -0.2) is 33.7 Å². The van der Waals surface area contributed by atoms with Crippen LogP contribution >= 0.6 is 0 Å². The molecule has 0 atom stereocenters. The SMILES string of the molecule is Cc1nnc2ccc(C(=O)NCCOc3ccc(C(C)(C)C)cc3)cn12. The highest BCUT2D eigenvalue weighted by Crippen LogP contribution is 2.24. The minimum Gasteiger partial charge on any atom is -0.492 e. The van der Waals surface area contributed by atoms with Crippen LogP contribution in [0.5, 0.6) is 5.75 Å². The van der Waals surface area contributed by atoms with Crippen molar-refractivity contribution in [3.8, 4) is 5.75 Å². The van der Waals surface area contributed by atoms with Crippen molar-refractivity contribution < 1.29 is 9.53 Å². The standard InChI is InChI=1S/C20H24N4O2/c1-14-22-23-18-10-5-15(13-24(14)18)19(25)21-11-12-26-17-8-6-16(7-9-17)20(2,3)4/h5-10,13H,11-12H2,1-4H3,(H,21,25). The summed E-state index contributed by atoms with van der Waals surface area (Å²) in [6.45, 7) is 9.22. The van der Waals surface area contributed by atoms with Gasteiger partial charge >= 0.3 is 0 Å². The first-order valence-electron chi connectivity index (χ1n) is 8.67. The summed E-state index contributed by atoms with van der Waals surface area (Å²) in [5.74, 6) is 1.40. The highest BCUT2D eigenvalue weighted by molar-refractivity contribution is 5.94. The first-order chi connectivity index (χ1) is 12.3. The second kappa shape index (κ2) is 7.15. The molecule has 3 aromatic rings. The van der Waals surface area contributed by atoms with Gasteiger partial charge < -0.3 is 10.1 Å². The second-order valence-corrected chi connectivity index (χ2v) is 7.27. The number of aryl methyl sites for hydroxylation is 1.